The Morgan fingerprint density at radius 3 is 2.07 bits per heavy atom. The fourth-order valence-corrected chi connectivity index (χ4v) is 4.59. The molecule has 0 saturated heterocycles. The molecular formula is C19H30F3O4P. The van der Waals surface area contributed by atoms with E-state index in [1.165, 1.54) is 12.1 Å². The third-order valence-corrected chi connectivity index (χ3v) is 7.06. The minimum absolute atomic E-state index is 0.0107. The zero-order valence-electron chi connectivity index (χ0n) is 16.2. The molecule has 8 heteroatoms. The second kappa shape index (κ2) is 9.94. The molecule has 0 bridgehead atoms. The van der Waals surface area contributed by atoms with Gasteiger partial charge in [0.2, 0.25) is 0 Å². The number of hydrogen-bond acceptors (Lipinski definition) is 2. The smallest absolute Gasteiger partial charge is 0.419 e. The minimum atomic E-state index is -4.67. The maximum absolute atomic E-state index is 13.5. The van der Waals surface area contributed by atoms with Crippen molar-refractivity contribution in [2.75, 3.05) is 6.61 Å². The van der Waals surface area contributed by atoms with E-state index in [2.05, 4.69) is 6.92 Å². The predicted molar refractivity (Wildman–Crippen MR) is 100 cm³/mol. The lowest BCUT2D eigenvalue weighted by Crippen LogP contribution is -2.25. The van der Waals surface area contributed by atoms with Gasteiger partial charge in [-0.15, -0.1) is 0 Å². The number of hydrogen-bond donors (Lipinski definition) is 2. The van der Waals surface area contributed by atoms with Crippen molar-refractivity contribution in [3.63, 3.8) is 0 Å². The average molecular weight is 410 g/mol. The summed E-state index contributed by atoms with van der Waals surface area (Å²) in [6.07, 6.45) is 0.122. The van der Waals surface area contributed by atoms with Crippen LogP contribution in [0.1, 0.15) is 76.8 Å². The lowest BCUT2D eigenvalue weighted by atomic mass is 9.91. The number of halogens is 3. The van der Waals surface area contributed by atoms with Crippen LogP contribution in [0.2, 0.25) is 0 Å². The van der Waals surface area contributed by atoms with Crippen LogP contribution in [0, 0.1) is 0 Å². The highest BCUT2D eigenvalue weighted by Gasteiger charge is 2.46. The molecule has 0 aliphatic rings. The van der Waals surface area contributed by atoms with E-state index in [9.17, 15) is 27.5 Å². The number of ether oxygens (including phenoxy) is 1. The van der Waals surface area contributed by atoms with Gasteiger partial charge in [-0.2, -0.15) is 13.2 Å². The molecule has 4 nitrogen and oxygen atoms in total. The number of rotatable bonds is 11. The van der Waals surface area contributed by atoms with Gasteiger partial charge in [0.1, 0.15) is 5.75 Å². The summed E-state index contributed by atoms with van der Waals surface area (Å²) in [4.78, 5) is 19.6. The van der Waals surface area contributed by atoms with Crippen LogP contribution < -0.4 is 4.74 Å². The highest BCUT2D eigenvalue weighted by Crippen LogP contribution is 2.61. The molecule has 0 unspecified atom stereocenters. The molecule has 0 fully saturated rings. The van der Waals surface area contributed by atoms with Gasteiger partial charge in [0, 0.05) is 0 Å². The van der Waals surface area contributed by atoms with Crippen molar-refractivity contribution >= 4 is 7.60 Å². The third kappa shape index (κ3) is 5.97. The molecule has 2 N–H and O–H groups in total. The van der Waals surface area contributed by atoms with E-state index < -0.39 is 24.5 Å². The Morgan fingerprint density at radius 1 is 1.00 bits per heavy atom. The summed E-state index contributed by atoms with van der Waals surface area (Å²) in [5.41, 5.74) is -1.00. The molecule has 0 aromatic heterocycles. The van der Waals surface area contributed by atoms with Gasteiger partial charge < -0.3 is 14.5 Å². The maximum Gasteiger partial charge on any atom is 0.419 e. The molecule has 1 aromatic carbocycles. The second-order valence-corrected chi connectivity index (χ2v) is 8.70. The van der Waals surface area contributed by atoms with Crippen LogP contribution in [0.15, 0.2) is 18.2 Å². The zero-order chi connectivity index (χ0) is 20.7. The van der Waals surface area contributed by atoms with Crippen LogP contribution >= 0.6 is 7.60 Å². The number of unbranched alkanes of at least 4 members (excludes halogenated alkanes) is 4. The molecule has 0 heterocycles. The van der Waals surface area contributed by atoms with Gasteiger partial charge in [0.15, 0.2) is 0 Å². The van der Waals surface area contributed by atoms with E-state index in [1.54, 1.807) is 13.8 Å². The van der Waals surface area contributed by atoms with Crippen molar-refractivity contribution in [3.05, 3.63) is 29.3 Å². The Labute approximate surface area is 159 Å². The van der Waals surface area contributed by atoms with Crippen LogP contribution in [0.4, 0.5) is 13.2 Å². The van der Waals surface area contributed by atoms with Gasteiger partial charge in [0.25, 0.3) is 0 Å². The van der Waals surface area contributed by atoms with Gasteiger partial charge in [-0.25, -0.2) is 0 Å². The van der Waals surface area contributed by atoms with Crippen LogP contribution in [0.5, 0.6) is 5.75 Å². The molecule has 0 spiro atoms. The SMILES string of the molecule is CCCCCCCOc1ccc(C(CC)(CC)P(=O)(O)O)cc1C(F)(F)F. The van der Waals surface area contributed by atoms with E-state index in [4.69, 9.17) is 4.74 Å². The fourth-order valence-electron chi connectivity index (χ4n) is 3.29. The van der Waals surface area contributed by atoms with Crippen LogP contribution in [0.3, 0.4) is 0 Å². The molecule has 27 heavy (non-hydrogen) atoms. The van der Waals surface area contributed by atoms with Gasteiger partial charge in [0.05, 0.1) is 17.3 Å². The monoisotopic (exact) mass is 410 g/mol. The third-order valence-electron chi connectivity index (χ3n) is 5.06. The van der Waals surface area contributed by atoms with Gasteiger partial charge in [-0.05, 0) is 37.0 Å². The Balaban J connectivity index is 3.15. The summed E-state index contributed by atoms with van der Waals surface area (Å²) in [7, 11) is -4.66. The Hall–Kier alpha value is -1.04. The van der Waals surface area contributed by atoms with Crippen molar-refractivity contribution in [1.82, 2.24) is 0 Å². The fraction of sp³-hybridized carbons (Fsp3) is 0.684. The minimum Gasteiger partial charge on any atom is -0.493 e. The van der Waals surface area contributed by atoms with E-state index in [-0.39, 0.29) is 30.8 Å². The first-order valence-corrected chi connectivity index (χ1v) is 11.0. The van der Waals surface area contributed by atoms with E-state index in [0.717, 1.165) is 31.7 Å². The topological polar surface area (TPSA) is 66.8 Å². The van der Waals surface area contributed by atoms with Crippen molar-refractivity contribution in [2.24, 2.45) is 0 Å². The molecule has 0 aliphatic carbocycles. The summed E-state index contributed by atoms with van der Waals surface area (Å²) in [6, 6.07) is 3.35. The Morgan fingerprint density at radius 2 is 1.59 bits per heavy atom. The molecule has 0 amide bonds. The maximum atomic E-state index is 13.5. The van der Waals surface area contributed by atoms with Crippen LogP contribution in [-0.2, 0) is 15.9 Å². The molecule has 156 valence electrons. The number of benzene rings is 1. The molecule has 0 saturated carbocycles. The zero-order valence-corrected chi connectivity index (χ0v) is 17.1. The van der Waals surface area contributed by atoms with Crippen molar-refractivity contribution in [2.45, 2.75) is 77.0 Å². The first-order chi connectivity index (χ1) is 12.5. The van der Waals surface area contributed by atoms with Crippen LogP contribution in [0.25, 0.3) is 0 Å². The lowest BCUT2D eigenvalue weighted by Gasteiger charge is -2.33. The second-order valence-electron chi connectivity index (χ2n) is 6.75. The van der Waals surface area contributed by atoms with E-state index in [0.29, 0.717) is 6.42 Å². The van der Waals surface area contributed by atoms with Crippen molar-refractivity contribution < 1.29 is 32.3 Å². The molecular weight excluding hydrogens is 380 g/mol. The van der Waals surface area contributed by atoms with E-state index >= 15 is 0 Å². The Kier molecular flexibility index (Phi) is 8.84. The van der Waals surface area contributed by atoms with Crippen LogP contribution in [-0.4, -0.2) is 16.4 Å². The molecule has 1 rings (SSSR count). The first kappa shape index (κ1) is 24.0. The average Bonchev–Trinajstić information content (AvgIpc) is 2.58. The van der Waals surface area contributed by atoms with Crippen molar-refractivity contribution in [1.29, 1.82) is 0 Å². The summed E-state index contributed by atoms with van der Waals surface area (Å²) in [5.74, 6) is -0.298. The van der Waals surface area contributed by atoms with Crippen molar-refractivity contribution in [3.8, 4) is 5.75 Å². The molecule has 0 radical (unpaired) electrons. The summed E-state index contributed by atoms with van der Waals surface area (Å²) >= 11 is 0. The standard InChI is InChI=1S/C19H30F3O4P/c1-4-7-8-9-10-13-26-17-12-11-15(14-16(17)19(20,21)22)18(5-2,6-3)27(23,24)25/h11-12,14H,4-10,13H2,1-3H3,(H2,23,24,25). The summed E-state index contributed by atoms with van der Waals surface area (Å²) < 4.78 is 58.0. The van der Waals surface area contributed by atoms with Gasteiger partial charge in [-0.3, -0.25) is 4.57 Å². The number of alkyl halides is 3. The van der Waals surface area contributed by atoms with Gasteiger partial charge in [-0.1, -0.05) is 52.5 Å². The highest BCUT2D eigenvalue weighted by atomic mass is 31.2. The highest BCUT2D eigenvalue weighted by molar-refractivity contribution is 7.53. The quantitative estimate of drug-likeness (QED) is 0.334. The molecule has 0 atom stereocenters. The summed E-state index contributed by atoms with van der Waals surface area (Å²) in [6.45, 7) is 5.39. The summed E-state index contributed by atoms with van der Waals surface area (Å²) in [5, 5.41) is -1.63. The Bertz CT molecular complexity index is 636. The van der Waals surface area contributed by atoms with Gasteiger partial charge >= 0.3 is 13.8 Å². The van der Waals surface area contributed by atoms with E-state index in [1.807, 2.05) is 0 Å². The predicted octanol–water partition coefficient (Wildman–Crippen LogP) is 6.25. The normalized spacial score (nSPS) is 13.0. The molecule has 0 aliphatic heterocycles. The lowest BCUT2D eigenvalue weighted by molar-refractivity contribution is -0.139. The largest absolute Gasteiger partial charge is 0.493 e. The molecule has 1 aromatic rings. The first-order valence-electron chi connectivity index (χ1n) is 9.43.